The van der Waals surface area contributed by atoms with Crippen molar-refractivity contribution in [3.63, 3.8) is 0 Å². The molecule has 0 fully saturated rings. The zero-order valence-electron chi connectivity index (χ0n) is 14.2. The van der Waals surface area contributed by atoms with E-state index >= 15 is 0 Å². The van der Waals surface area contributed by atoms with Crippen molar-refractivity contribution in [3.8, 4) is 0 Å². The van der Waals surface area contributed by atoms with Crippen molar-refractivity contribution in [2.24, 2.45) is 0 Å². The van der Waals surface area contributed by atoms with Crippen molar-refractivity contribution in [3.05, 3.63) is 95.1 Å². The van der Waals surface area contributed by atoms with Crippen LogP contribution >= 0.6 is 0 Å². The van der Waals surface area contributed by atoms with Crippen LogP contribution in [0, 0.1) is 6.08 Å². The van der Waals surface area contributed by atoms with Crippen LogP contribution in [-0.4, -0.2) is 0 Å². The molecule has 0 unspecified atom stereocenters. The minimum Gasteiger partial charge on any atom is -1.00 e. The zero-order valence-corrected chi connectivity index (χ0v) is 18.0. The van der Waals surface area contributed by atoms with Gasteiger partial charge in [-0.05, 0) is 11.1 Å². The van der Waals surface area contributed by atoms with Crippen LogP contribution in [0.1, 0.15) is 43.2 Å². The summed E-state index contributed by atoms with van der Waals surface area (Å²) in [6.07, 6.45) is 9.37. The second kappa shape index (κ2) is 13.7. The number of allylic oxidation sites excluding steroid dienone is 4. The molecule has 0 heterocycles. The fourth-order valence-electron chi connectivity index (χ4n) is 3.05. The van der Waals surface area contributed by atoms with Gasteiger partial charge < -0.3 is 37.2 Å². The first kappa shape index (κ1) is 26.7. The van der Waals surface area contributed by atoms with Gasteiger partial charge in [0.05, 0.1) is 0 Å². The van der Waals surface area contributed by atoms with Gasteiger partial charge in [0.25, 0.3) is 0 Å². The normalized spacial score (nSPS) is 11.9. The molecule has 0 saturated carbocycles. The van der Waals surface area contributed by atoms with Gasteiger partial charge in [0.15, 0.2) is 0 Å². The van der Waals surface area contributed by atoms with Crippen LogP contribution in [0.15, 0.2) is 77.9 Å². The van der Waals surface area contributed by atoms with E-state index in [-0.39, 0.29) is 58.9 Å². The second-order valence-corrected chi connectivity index (χ2v) is 5.59. The molecule has 0 aliphatic heterocycles. The SMILES string of the molecule is CCCC1=CCC(C(c2ccccc2)c2ccccc2)=[C-]1.[Cl-].[Cl-].[Cl-].[Ti+4]. The molecule has 0 aromatic heterocycles. The van der Waals surface area contributed by atoms with Gasteiger partial charge in [0.2, 0.25) is 0 Å². The molecule has 0 spiro atoms. The van der Waals surface area contributed by atoms with Gasteiger partial charge in [-0.25, -0.2) is 17.7 Å². The van der Waals surface area contributed by atoms with E-state index in [0.717, 1.165) is 12.8 Å². The summed E-state index contributed by atoms with van der Waals surface area (Å²) < 4.78 is 0. The smallest absolute Gasteiger partial charge is 1.00 e. The third-order valence-corrected chi connectivity index (χ3v) is 4.02. The molecular weight excluding hydrogens is 406 g/mol. The first-order chi connectivity index (χ1) is 10.4. The number of hydrogen-bond donors (Lipinski definition) is 0. The molecule has 4 heteroatoms. The quantitative estimate of drug-likeness (QED) is 0.346. The Balaban J connectivity index is 0. The maximum atomic E-state index is 3.67. The van der Waals surface area contributed by atoms with Crippen LogP contribution in [-0.2, 0) is 21.7 Å². The molecule has 0 atom stereocenters. The van der Waals surface area contributed by atoms with Crippen molar-refractivity contribution in [2.45, 2.75) is 32.1 Å². The van der Waals surface area contributed by atoms with E-state index in [2.05, 4.69) is 79.7 Å². The van der Waals surface area contributed by atoms with Crippen molar-refractivity contribution >= 4 is 0 Å². The Labute approximate surface area is 185 Å². The maximum Gasteiger partial charge on any atom is 4.00 e. The second-order valence-electron chi connectivity index (χ2n) is 5.59. The molecule has 1 aliphatic carbocycles. The number of benzene rings is 2. The van der Waals surface area contributed by atoms with Gasteiger partial charge in [0.1, 0.15) is 0 Å². The van der Waals surface area contributed by atoms with E-state index in [1.165, 1.54) is 28.7 Å². The fraction of sp³-hybridized carbons (Fsp3) is 0.238. The summed E-state index contributed by atoms with van der Waals surface area (Å²) in [4.78, 5) is 0. The molecule has 0 nitrogen and oxygen atoms in total. The molecule has 0 bridgehead atoms. The Bertz CT molecular complexity index is 612. The minimum atomic E-state index is 0. The molecule has 2 aromatic carbocycles. The van der Waals surface area contributed by atoms with Gasteiger partial charge in [-0.1, -0.05) is 86.8 Å². The van der Waals surface area contributed by atoms with E-state index in [1.807, 2.05) is 0 Å². The molecule has 3 rings (SSSR count). The van der Waals surface area contributed by atoms with Crippen LogP contribution < -0.4 is 37.2 Å². The van der Waals surface area contributed by atoms with Crippen molar-refractivity contribution in [1.29, 1.82) is 0 Å². The molecule has 1 aliphatic rings. The van der Waals surface area contributed by atoms with Crippen LogP contribution in [0.4, 0.5) is 0 Å². The molecular formula is C21H21Cl3Ti. The molecule has 0 N–H and O–H groups in total. The van der Waals surface area contributed by atoms with Gasteiger partial charge in [0, 0.05) is 5.92 Å². The van der Waals surface area contributed by atoms with E-state index < -0.39 is 0 Å². The zero-order chi connectivity index (χ0) is 14.5. The monoisotopic (exact) mass is 426 g/mol. The molecule has 0 saturated heterocycles. The van der Waals surface area contributed by atoms with Gasteiger partial charge >= 0.3 is 21.7 Å². The average Bonchev–Trinajstić information content (AvgIpc) is 2.98. The summed E-state index contributed by atoms with van der Waals surface area (Å²) in [6.45, 7) is 2.23. The van der Waals surface area contributed by atoms with E-state index in [0.29, 0.717) is 5.92 Å². The van der Waals surface area contributed by atoms with Crippen molar-refractivity contribution < 1.29 is 58.9 Å². The van der Waals surface area contributed by atoms with Gasteiger partial charge in [-0.3, -0.25) is 0 Å². The van der Waals surface area contributed by atoms with Crippen LogP contribution in [0.3, 0.4) is 0 Å². The van der Waals surface area contributed by atoms with Crippen molar-refractivity contribution in [1.82, 2.24) is 0 Å². The first-order valence-electron chi connectivity index (χ1n) is 7.80. The predicted octanol–water partition coefficient (Wildman–Crippen LogP) is -3.31. The molecule has 130 valence electrons. The topological polar surface area (TPSA) is 0 Å². The van der Waals surface area contributed by atoms with Gasteiger partial charge in [-0.2, -0.15) is 5.57 Å². The summed E-state index contributed by atoms with van der Waals surface area (Å²) in [7, 11) is 0. The van der Waals surface area contributed by atoms with Crippen LogP contribution in [0.25, 0.3) is 0 Å². The Morgan fingerprint density at radius 2 is 1.32 bits per heavy atom. The Hall–Kier alpha value is -0.496. The van der Waals surface area contributed by atoms with Crippen LogP contribution in [0.5, 0.6) is 0 Å². The van der Waals surface area contributed by atoms with Crippen LogP contribution in [0.2, 0.25) is 0 Å². The maximum absolute atomic E-state index is 3.67. The van der Waals surface area contributed by atoms with E-state index in [9.17, 15) is 0 Å². The Morgan fingerprint density at radius 1 is 0.840 bits per heavy atom. The summed E-state index contributed by atoms with van der Waals surface area (Å²) in [5.41, 5.74) is 5.50. The summed E-state index contributed by atoms with van der Waals surface area (Å²) in [5, 5.41) is 0. The largest absolute Gasteiger partial charge is 4.00 e. The fourth-order valence-corrected chi connectivity index (χ4v) is 3.05. The summed E-state index contributed by atoms with van der Waals surface area (Å²) in [6, 6.07) is 21.6. The van der Waals surface area contributed by atoms with Gasteiger partial charge in [-0.15, -0.1) is 0 Å². The number of halogens is 3. The third-order valence-electron chi connectivity index (χ3n) is 4.02. The van der Waals surface area contributed by atoms with Crippen molar-refractivity contribution in [2.75, 3.05) is 0 Å². The summed E-state index contributed by atoms with van der Waals surface area (Å²) in [5.74, 6) is 0.331. The summed E-state index contributed by atoms with van der Waals surface area (Å²) >= 11 is 0. The molecule has 2 aromatic rings. The molecule has 0 radical (unpaired) electrons. The number of hydrogen-bond acceptors (Lipinski definition) is 0. The number of rotatable bonds is 5. The third kappa shape index (κ3) is 6.96. The Morgan fingerprint density at radius 3 is 1.76 bits per heavy atom. The molecule has 25 heavy (non-hydrogen) atoms. The molecule has 0 amide bonds. The van der Waals surface area contributed by atoms with E-state index in [4.69, 9.17) is 0 Å². The minimum absolute atomic E-state index is 0. The van der Waals surface area contributed by atoms with E-state index in [1.54, 1.807) is 0 Å². The first-order valence-corrected chi connectivity index (χ1v) is 7.80. The Kier molecular flexibility index (Phi) is 14.6. The standard InChI is InChI=1S/C21H21.3ClH.Ti/c1-2-9-17-14-15-20(16-17)21(18-10-5-3-6-11-18)19-12-7-4-8-13-19;;;;/h3-8,10-14,21H,2,9,15H2,1H3;3*1H;/q-1;;;;+4/p-3. The predicted molar refractivity (Wildman–Crippen MR) is 89.1 cm³/mol. The average molecular weight is 428 g/mol.